The number of nitrogens with zero attached hydrogens (tertiary/aromatic N) is 1. The molecule has 0 saturated carbocycles. The van der Waals surface area contributed by atoms with E-state index in [9.17, 15) is 9.59 Å². The summed E-state index contributed by atoms with van der Waals surface area (Å²) in [5.41, 5.74) is 0.543. The molecule has 0 unspecified atom stereocenters. The zero-order chi connectivity index (χ0) is 17.1. The summed E-state index contributed by atoms with van der Waals surface area (Å²) in [6.07, 6.45) is 2.98. The lowest BCUT2D eigenvalue weighted by molar-refractivity contribution is -0.128. The molecule has 0 aliphatic carbocycles. The van der Waals surface area contributed by atoms with Gasteiger partial charge >= 0.3 is 0 Å². The van der Waals surface area contributed by atoms with E-state index in [1.54, 1.807) is 12.1 Å². The fourth-order valence-corrected chi connectivity index (χ4v) is 3.32. The minimum Gasteiger partial charge on any atom is -0.494 e. The van der Waals surface area contributed by atoms with Crippen molar-refractivity contribution in [2.75, 3.05) is 13.7 Å². The Kier molecular flexibility index (Phi) is 5.56. The van der Waals surface area contributed by atoms with E-state index < -0.39 is 11.8 Å². The Morgan fingerprint density at radius 1 is 1.48 bits per heavy atom. The number of halogens is 2. The maximum atomic E-state index is 12.4. The molecule has 1 heterocycles. The van der Waals surface area contributed by atoms with Crippen LogP contribution in [0.15, 0.2) is 34.8 Å². The SMILES string of the molecule is C=CCN1C(=O)C(=Cc2cc(Cl)c(OC)c(Br)c2)C(=O)NC1=S. The Bertz CT molecular complexity index is 725. The third-order valence-electron chi connectivity index (χ3n) is 3.03. The van der Waals surface area contributed by atoms with E-state index in [0.717, 1.165) is 0 Å². The predicted octanol–water partition coefficient (Wildman–Crippen LogP) is 2.92. The summed E-state index contributed by atoms with van der Waals surface area (Å²) < 4.78 is 5.76. The Balaban J connectivity index is 2.45. The zero-order valence-electron chi connectivity index (χ0n) is 12.1. The Hall–Kier alpha value is -1.70. The van der Waals surface area contributed by atoms with Gasteiger partial charge in [-0.1, -0.05) is 17.7 Å². The lowest BCUT2D eigenvalue weighted by atomic mass is 10.1. The van der Waals surface area contributed by atoms with Crippen LogP contribution < -0.4 is 10.1 Å². The third-order valence-corrected chi connectivity index (χ3v) is 4.23. The number of carbonyl (C=O) groups is 2. The molecule has 1 N–H and O–H groups in total. The van der Waals surface area contributed by atoms with Gasteiger partial charge in [0.05, 0.1) is 16.6 Å². The maximum absolute atomic E-state index is 12.4. The van der Waals surface area contributed by atoms with Crippen molar-refractivity contribution in [3.8, 4) is 5.75 Å². The van der Waals surface area contributed by atoms with E-state index in [1.165, 1.54) is 24.2 Å². The molecule has 0 spiro atoms. The number of methoxy groups -OCH3 is 1. The van der Waals surface area contributed by atoms with E-state index in [4.69, 9.17) is 28.6 Å². The van der Waals surface area contributed by atoms with Crippen molar-refractivity contribution in [3.63, 3.8) is 0 Å². The molecule has 1 aromatic rings. The first-order valence-corrected chi connectivity index (χ1v) is 7.99. The topological polar surface area (TPSA) is 58.6 Å². The van der Waals surface area contributed by atoms with Crippen LogP contribution in [0.4, 0.5) is 0 Å². The van der Waals surface area contributed by atoms with Gasteiger partial charge in [-0.2, -0.15) is 0 Å². The molecule has 120 valence electrons. The number of rotatable bonds is 4. The zero-order valence-corrected chi connectivity index (χ0v) is 15.2. The number of hydrogen-bond acceptors (Lipinski definition) is 4. The molecular weight excluding hydrogens is 404 g/mol. The van der Waals surface area contributed by atoms with Crippen molar-refractivity contribution in [2.24, 2.45) is 0 Å². The quantitative estimate of drug-likeness (QED) is 0.355. The van der Waals surface area contributed by atoms with Crippen LogP contribution in [0.3, 0.4) is 0 Å². The van der Waals surface area contributed by atoms with Gasteiger partial charge < -0.3 is 4.74 Å². The van der Waals surface area contributed by atoms with Crippen LogP contribution in [0.2, 0.25) is 5.02 Å². The van der Waals surface area contributed by atoms with E-state index in [-0.39, 0.29) is 17.2 Å². The summed E-state index contributed by atoms with van der Waals surface area (Å²) in [7, 11) is 1.50. The van der Waals surface area contributed by atoms with Crippen LogP contribution in [-0.2, 0) is 9.59 Å². The van der Waals surface area contributed by atoms with Crippen molar-refractivity contribution in [1.29, 1.82) is 0 Å². The highest BCUT2D eigenvalue weighted by Crippen LogP contribution is 2.34. The largest absolute Gasteiger partial charge is 0.494 e. The fourth-order valence-electron chi connectivity index (χ4n) is 2.01. The fraction of sp³-hybridized carbons (Fsp3) is 0.133. The number of ether oxygens (including phenoxy) is 1. The molecule has 0 radical (unpaired) electrons. The van der Waals surface area contributed by atoms with Crippen molar-refractivity contribution in [2.45, 2.75) is 0 Å². The van der Waals surface area contributed by atoms with Crippen LogP contribution in [0.1, 0.15) is 5.56 Å². The van der Waals surface area contributed by atoms with Gasteiger partial charge in [0, 0.05) is 6.54 Å². The third kappa shape index (κ3) is 3.63. The highest BCUT2D eigenvalue weighted by Gasteiger charge is 2.32. The van der Waals surface area contributed by atoms with Gasteiger partial charge in [-0.15, -0.1) is 6.58 Å². The normalized spacial score (nSPS) is 16.6. The number of carbonyl (C=O) groups excluding carboxylic acids is 2. The van der Waals surface area contributed by atoms with E-state index in [2.05, 4.69) is 27.8 Å². The van der Waals surface area contributed by atoms with Crippen LogP contribution in [0.25, 0.3) is 6.08 Å². The number of amides is 2. The summed E-state index contributed by atoms with van der Waals surface area (Å²) in [6, 6.07) is 3.30. The van der Waals surface area contributed by atoms with Gasteiger partial charge in [0.25, 0.3) is 11.8 Å². The summed E-state index contributed by atoms with van der Waals surface area (Å²) in [4.78, 5) is 25.7. The van der Waals surface area contributed by atoms with Gasteiger partial charge in [-0.3, -0.25) is 19.8 Å². The van der Waals surface area contributed by atoms with E-state index in [1.807, 2.05) is 0 Å². The average Bonchev–Trinajstić information content (AvgIpc) is 2.47. The lowest BCUT2D eigenvalue weighted by Crippen LogP contribution is -2.53. The minimum absolute atomic E-state index is 0.0337. The van der Waals surface area contributed by atoms with E-state index in [0.29, 0.717) is 20.8 Å². The van der Waals surface area contributed by atoms with Crippen molar-refractivity contribution < 1.29 is 14.3 Å². The molecule has 5 nitrogen and oxygen atoms in total. The van der Waals surface area contributed by atoms with E-state index >= 15 is 0 Å². The molecule has 1 aliphatic rings. The molecule has 2 rings (SSSR count). The first kappa shape index (κ1) is 17.7. The molecule has 8 heteroatoms. The van der Waals surface area contributed by atoms with Gasteiger partial charge in [0.2, 0.25) is 0 Å². The van der Waals surface area contributed by atoms with Gasteiger partial charge in [-0.05, 0) is 51.9 Å². The van der Waals surface area contributed by atoms with Crippen molar-refractivity contribution in [1.82, 2.24) is 10.2 Å². The average molecular weight is 416 g/mol. The lowest BCUT2D eigenvalue weighted by Gasteiger charge is -2.27. The molecule has 0 aromatic heterocycles. The minimum atomic E-state index is -0.552. The molecule has 1 fully saturated rings. The second-order valence-corrected chi connectivity index (χ2v) is 6.19. The molecule has 0 bridgehead atoms. The van der Waals surface area contributed by atoms with Crippen molar-refractivity contribution in [3.05, 3.63) is 45.4 Å². The summed E-state index contributed by atoms with van der Waals surface area (Å²) in [5, 5.41) is 2.90. The molecule has 2 amide bonds. The second-order valence-electron chi connectivity index (χ2n) is 4.54. The highest BCUT2D eigenvalue weighted by molar-refractivity contribution is 9.10. The summed E-state index contributed by atoms with van der Waals surface area (Å²) in [6.45, 7) is 3.78. The molecule has 23 heavy (non-hydrogen) atoms. The molecule has 0 atom stereocenters. The molecule has 1 saturated heterocycles. The van der Waals surface area contributed by atoms with Gasteiger partial charge in [-0.25, -0.2) is 0 Å². The summed E-state index contributed by atoms with van der Waals surface area (Å²) >= 11 is 14.4. The van der Waals surface area contributed by atoms with Crippen LogP contribution in [0.5, 0.6) is 5.75 Å². The standard InChI is InChI=1S/C15H12BrClN2O3S/c1-3-4-19-14(21)9(13(20)18-15(19)23)5-8-6-10(16)12(22-2)11(17)7-8/h3,5-7H,1,4H2,2H3,(H,18,20,23). The van der Waals surface area contributed by atoms with Crippen molar-refractivity contribution >= 4 is 62.8 Å². The first-order valence-electron chi connectivity index (χ1n) is 6.41. The molecule has 1 aliphatic heterocycles. The van der Waals surface area contributed by atoms with Gasteiger partial charge in [0.1, 0.15) is 5.57 Å². The van der Waals surface area contributed by atoms with Crippen LogP contribution in [0, 0.1) is 0 Å². The summed E-state index contributed by atoms with van der Waals surface area (Å²) in [5.74, 6) is -0.562. The Labute approximate surface area is 152 Å². The van der Waals surface area contributed by atoms with Gasteiger partial charge in [0.15, 0.2) is 10.9 Å². The number of thiocarbonyl (C=S) groups is 1. The second kappa shape index (κ2) is 7.25. The van der Waals surface area contributed by atoms with Crippen LogP contribution >= 0.6 is 39.7 Å². The molecule has 1 aromatic carbocycles. The maximum Gasteiger partial charge on any atom is 0.265 e. The first-order chi connectivity index (χ1) is 10.9. The van der Waals surface area contributed by atoms with Crippen LogP contribution in [-0.4, -0.2) is 35.5 Å². The predicted molar refractivity (Wildman–Crippen MR) is 96.3 cm³/mol. The highest BCUT2D eigenvalue weighted by atomic mass is 79.9. The number of hydrogen-bond donors (Lipinski definition) is 1. The smallest absolute Gasteiger partial charge is 0.265 e. The number of benzene rings is 1. The monoisotopic (exact) mass is 414 g/mol. The number of nitrogens with one attached hydrogen (secondary N) is 1. The Morgan fingerprint density at radius 2 is 2.17 bits per heavy atom. The Morgan fingerprint density at radius 3 is 2.74 bits per heavy atom. The molecular formula is C15H12BrClN2O3S.